The second-order valence-corrected chi connectivity index (χ2v) is 6.83. The molecule has 3 heteroatoms. The first-order chi connectivity index (χ1) is 9.47. The van der Waals surface area contributed by atoms with Crippen LogP contribution < -0.4 is 4.90 Å². The summed E-state index contributed by atoms with van der Waals surface area (Å²) in [6.45, 7) is 9.92. The van der Waals surface area contributed by atoms with Gasteiger partial charge >= 0.3 is 0 Å². The fraction of sp³-hybridized carbons (Fsp3) is 0.471. The zero-order valence-electron chi connectivity index (χ0n) is 12.8. The highest BCUT2D eigenvalue weighted by Crippen LogP contribution is 2.34. The summed E-state index contributed by atoms with van der Waals surface area (Å²) < 4.78 is 0. The van der Waals surface area contributed by atoms with E-state index in [1.54, 1.807) is 0 Å². The first-order valence-electron chi connectivity index (χ1n) is 7.34. The second-order valence-electron chi connectivity index (χ2n) is 6.83. The number of para-hydroxylation sites is 1. The molecule has 0 radical (unpaired) electrons. The van der Waals surface area contributed by atoms with E-state index in [9.17, 15) is 0 Å². The molecule has 2 aromatic rings. The molecule has 20 heavy (non-hydrogen) atoms. The van der Waals surface area contributed by atoms with Crippen molar-refractivity contribution in [2.75, 3.05) is 4.90 Å². The van der Waals surface area contributed by atoms with E-state index in [1.165, 1.54) is 22.5 Å². The molecule has 2 heterocycles. The fourth-order valence-corrected chi connectivity index (χ4v) is 3.13. The Hall–Kier alpha value is -1.77. The number of nitrogens with one attached hydrogen (secondary N) is 1. The Morgan fingerprint density at radius 1 is 1.30 bits per heavy atom. The lowest BCUT2D eigenvalue weighted by Crippen LogP contribution is -2.29. The van der Waals surface area contributed by atoms with Crippen molar-refractivity contribution < 1.29 is 0 Å². The minimum atomic E-state index is 0.105. The van der Waals surface area contributed by atoms with Crippen molar-refractivity contribution in [3.8, 4) is 0 Å². The van der Waals surface area contributed by atoms with Gasteiger partial charge in [-0.1, -0.05) is 39.0 Å². The molecule has 0 unspecified atom stereocenters. The average molecular weight is 269 g/mol. The van der Waals surface area contributed by atoms with Crippen LogP contribution in [0.25, 0.3) is 0 Å². The Morgan fingerprint density at radius 2 is 2.05 bits per heavy atom. The molecule has 0 saturated heterocycles. The van der Waals surface area contributed by atoms with Crippen LogP contribution in [-0.4, -0.2) is 16.2 Å². The molecule has 1 aromatic heterocycles. The van der Waals surface area contributed by atoms with E-state index in [0.29, 0.717) is 6.04 Å². The summed E-state index contributed by atoms with van der Waals surface area (Å²) in [6.07, 6.45) is 3.12. The van der Waals surface area contributed by atoms with E-state index < -0.39 is 0 Å². The maximum atomic E-state index is 4.26. The molecule has 106 valence electrons. The number of hydrogen-bond acceptors (Lipinski definition) is 2. The second kappa shape index (κ2) is 4.65. The predicted octanol–water partition coefficient (Wildman–Crippen LogP) is 3.66. The van der Waals surface area contributed by atoms with Gasteiger partial charge in [0, 0.05) is 34.9 Å². The molecular formula is C17H23N3. The fourth-order valence-electron chi connectivity index (χ4n) is 3.13. The molecule has 1 aliphatic rings. The normalized spacial score (nSPS) is 18.4. The largest absolute Gasteiger partial charge is 0.364 e. The molecular weight excluding hydrogens is 246 g/mol. The van der Waals surface area contributed by atoms with Crippen molar-refractivity contribution >= 4 is 5.69 Å². The molecule has 0 fully saturated rings. The zero-order valence-corrected chi connectivity index (χ0v) is 12.8. The summed E-state index contributed by atoms with van der Waals surface area (Å²) in [5.74, 6) is 0. The lowest BCUT2D eigenvalue weighted by atomic mass is 9.89. The molecule has 1 aromatic carbocycles. The zero-order chi connectivity index (χ0) is 14.3. The van der Waals surface area contributed by atoms with Crippen LogP contribution in [-0.2, 0) is 18.4 Å². The van der Waals surface area contributed by atoms with E-state index in [4.69, 9.17) is 0 Å². The minimum Gasteiger partial charge on any atom is -0.364 e. The lowest BCUT2D eigenvalue weighted by Gasteiger charge is -2.27. The van der Waals surface area contributed by atoms with Crippen molar-refractivity contribution in [1.82, 2.24) is 10.2 Å². The monoisotopic (exact) mass is 269 g/mol. The van der Waals surface area contributed by atoms with E-state index >= 15 is 0 Å². The van der Waals surface area contributed by atoms with Crippen LogP contribution in [0.4, 0.5) is 5.69 Å². The van der Waals surface area contributed by atoms with Crippen molar-refractivity contribution in [1.29, 1.82) is 0 Å². The van der Waals surface area contributed by atoms with Crippen molar-refractivity contribution in [2.45, 2.75) is 52.1 Å². The highest BCUT2D eigenvalue weighted by Gasteiger charge is 2.28. The Kier molecular flexibility index (Phi) is 3.08. The van der Waals surface area contributed by atoms with Crippen molar-refractivity contribution in [3.05, 3.63) is 47.3 Å². The van der Waals surface area contributed by atoms with Crippen LogP contribution >= 0.6 is 0 Å². The third-order valence-corrected chi connectivity index (χ3v) is 4.16. The highest BCUT2D eigenvalue weighted by molar-refractivity contribution is 5.59. The number of benzene rings is 1. The topological polar surface area (TPSA) is 31.9 Å². The molecule has 1 N–H and O–H groups in total. The summed E-state index contributed by atoms with van der Waals surface area (Å²) in [4.78, 5) is 2.50. The summed E-state index contributed by atoms with van der Waals surface area (Å²) in [7, 11) is 0. The number of rotatable bonds is 2. The molecule has 1 atom stereocenters. The van der Waals surface area contributed by atoms with Crippen LogP contribution in [0.2, 0.25) is 0 Å². The number of anilines is 1. The van der Waals surface area contributed by atoms with Gasteiger partial charge in [-0.15, -0.1) is 0 Å². The maximum absolute atomic E-state index is 4.26. The van der Waals surface area contributed by atoms with Crippen LogP contribution in [0.1, 0.15) is 44.5 Å². The maximum Gasteiger partial charge on any atom is 0.0540 e. The number of fused-ring (bicyclic) bond motifs is 1. The quantitative estimate of drug-likeness (QED) is 0.902. The molecule has 3 nitrogen and oxygen atoms in total. The van der Waals surface area contributed by atoms with Gasteiger partial charge in [0.05, 0.1) is 6.20 Å². The SMILES string of the molecule is C[C@@H]1Cc2ccccc2N1Cc1cn[nH]c1C(C)(C)C. The molecule has 0 saturated carbocycles. The van der Waals surface area contributed by atoms with Gasteiger partial charge in [-0.05, 0) is 25.0 Å². The molecule has 1 aliphatic heterocycles. The molecule has 3 rings (SSSR count). The van der Waals surface area contributed by atoms with E-state index in [-0.39, 0.29) is 5.41 Å². The smallest absolute Gasteiger partial charge is 0.0540 e. The van der Waals surface area contributed by atoms with Crippen LogP contribution in [0.3, 0.4) is 0 Å². The Morgan fingerprint density at radius 3 is 2.80 bits per heavy atom. The number of aromatic amines is 1. The third-order valence-electron chi connectivity index (χ3n) is 4.16. The summed E-state index contributed by atoms with van der Waals surface area (Å²) in [6, 6.07) is 9.29. The van der Waals surface area contributed by atoms with Gasteiger partial charge in [0.1, 0.15) is 0 Å². The van der Waals surface area contributed by atoms with E-state index in [0.717, 1.165) is 13.0 Å². The predicted molar refractivity (Wildman–Crippen MR) is 83.1 cm³/mol. The Bertz CT molecular complexity index is 607. The molecule has 0 aliphatic carbocycles. The van der Waals surface area contributed by atoms with Crippen LogP contribution in [0.15, 0.2) is 30.5 Å². The first-order valence-corrected chi connectivity index (χ1v) is 7.34. The van der Waals surface area contributed by atoms with Crippen LogP contribution in [0.5, 0.6) is 0 Å². The molecule has 0 bridgehead atoms. The summed E-state index contributed by atoms with van der Waals surface area (Å²) in [5, 5.41) is 7.44. The number of H-pyrrole nitrogens is 1. The first kappa shape index (κ1) is 13.2. The molecule has 0 amide bonds. The van der Waals surface area contributed by atoms with Gasteiger partial charge in [0.15, 0.2) is 0 Å². The number of aromatic nitrogens is 2. The van der Waals surface area contributed by atoms with Gasteiger partial charge in [-0.3, -0.25) is 5.10 Å². The number of nitrogens with zero attached hydrogens (tertiary/aromatic N) is 2. The number of hydrogen-bond donors (Lipinski definition) is 1. The highest BCUT2D eigenvalue weighted by atomic mass is 15.2. The third kappa shape index (κ3) is 2.21. The lowest BCUT2D eigenvalue weighted by molar-refractivity contribution is 0.556. The van der Waals surface area contributed by atoms with Gasteiger partial charge in [0.2, 0.25) is 0 Å². The van der Waals surface area contributed by atoms with E-state index in [1.807, 2.05) is 6.20 Å². The summed E-state index contributed by atoms with van der Waals surface area (Å²) >= 11 is 0. The molecule has 0 spiro atoms. The van der Waals surface area contributed by atoms with E-state index in [2.05, 4.69) is 67.1 Å². The van der Waals surface area contributed by atoms with Gasteiger partial charge in [-0.2, -0.15) is 5.10 Å². The van der Waals surface area contributed by atoms with Gasteiger partial charge in [-0.25, -0.2) is 0 Å². The van der Waals surface area contributed by atoms with Crippen molar-refractivity contribution in [3.63, 3.8) is 0 Å². The average Bonchev–Trinajstić information content (AvgIpc) is 2.95. The van der Waals surface area contributed by atoms with Gasteiger partial charge in [0.25, 0.3) is 0 Å². The van der Waals surface area contributed by atoms with Gasteiger partial charge < -0.3 is 4.90 Å². The summed E-state index contributed by atoms with van der Waals surface area (Å²) in [5.41, 5.74) is 5.49. The van der Waals surface area contributed by atoms with Crippen LogP contribution in [0, 0.1) is 0 Å². The standard InChI is InChI=1S/C17H23N3/c1-12-9-13-7-5-6-8-15(13)20(12)11-14-10-18-19-16(14)17(2,3)4/h5-8,10,12H,9,11H2,1-4H3,(H,18,19)/t12-/m1/s1. The minimum absolute atomic E-state index is 0.105. The van der Waals surface area contributed by atoms with Crippen molar-refractivity contribution in [2.24, 2.45) is 0 Å². The Balaban J connectivity index is 1.91. The Labute approximate surface area is 121 Å².